The van der Waals surface area contributed by atoms with Gasteiger partial charge in [-0.2, -0.15) is 0 Å². The fourth-order valence-corrected chi connectivity index (χ4v) is 7.95. The highest BCUT2D eigenvalue weighted by molar-refractivity contribution is 6.10. The minimum absolute atomic E-state index is 1.17. The second-order valence-electron chi connectivity index (χ2n) is 13.0. The normalized spacial score (nSPS) is 11.8. The van der Waals surface area contributed by atoms with Gasteiger partial charge in [0.05, 0.1) is 22.1 Å². The van der Waals surface area contributed by atoms with E-state index in [1.807, 2.05) is 0 Å². The van der Waals surface area contributed by atoms with Crippen LogP contribution in [0.4, 0.5) is 0 Å². The van der Waals surface area contributed by atoms with E-state index < -0.39 is 0 Å². The summed E-state index contributed by atoms with van der Waals surface area (Å²) in [5, 5.41) is 7.65. The molecule has 2 heteroatoms. The molecule has 2 nitrogen and oxygen atoms in total. The van der Waals surface area contributed by atoms with Gasteiger partial charge in [0.1, 0.15) is 0 Å². The third-order valence-electron chi connectivity index (χ3n) is 10.2. The molecule has 2 heterocycles. The van der Waals surface area contributed by atoms with Crippen LogP contribution in [0.15, 0.2) is 176 Å². The second kappa shape index (κ2) is 10.8. The smallest absolute Gasteiger partial charge is 0.0541 e. The van der Waals surface area contributed by atoms with Crippen LogP contribution in [-0.4, -0.2) is 9.13 Å². The van der Waals surface area contributed by atoms with Crippen molar-refractivity contribution in [1.29, 1.82) is 0 Å². The van der Waals surface area contributed by atoms with Crippen LogP contribution in [0.25, 0.3) is 88.0 Å². The quantitative estimate of drug-likeness (QED) is 0.184. The minimum atomic E-state index is 1.17. The van der Waals surface area contributed by atoms with Gasteiger partial charge < -0.3 is 9.13 Å². The van der Waals surface area contributed by atoms with E-state index >= 15 is 0 Å². The van der Waals surface area contributed by atoms with Gasteiger partial charge in [0.25, 0.3) is 0 Å². The van der Waals surface area contributed by atoms with Crippen molar-refractivity contribution in [3.63, 3.8) is 0 Å². The van der Waals surface area contributed by atoms with Crippen LogP contribution < -0.4 is 0 Å². The Bertz CT molecular complexity index is 2760. The lowest BCUT2D eigenvalue weighted by atomic mass is 9.91. The number of benzene rings is 8. The Hall–Kier alpha value is -6.38. The highest BCUT2D eigenvalue weighted by atomic mass is 15.0. The van der Waals surface area contributed by atoms with Gasteiger partial charge in [0.2, 0.25) is 0 Å². The van der Waals surface area contributed by atoms with Gasteiger partial charge in [-0.3, -0.25) is 0 Å². The molecule has 0 atom stereocenters. The zero-order valence-corrected chi connectivity index (χ0v) is 27.1. The van der Waals surface area contributed by atoms with Crippen LogP contribution in [0, 0.1) is 6.92 Å². The monoisotopic (exact) mass is 624 g/mol. The highest BCUT2D eigenvalue weighted by Gasteiger charge is 2.15. The van der Waals surface area contributed by atoms with E-state index in [4.69, 9.17) is 0 Å². The summed E-state index contributed by atoms with van der Waals surface area (Å²) in [5.74, 6) is 0. The molecule has 2 aromatic heterocycles. The molecule has 0 aliphatic carbocycles. The standard InChI is InChI=1S/C47H32N2/c1-31-18-27-38-36(32-19-23-34(24-20-32)48-44-14-6-2-10-39(44)40-11-3-7-15-45(40)48)28-29-37(43(38)30-31)33-21-25-35(26-22-33)49-46-16-8-4-12-41(46)42-13-5-9-17-47(42)49/h2-30H,1H3. The number of para-hydroxylation sites is 4. The lowest BCUT2D eigenvalue weighted by Crippen LogP contribution is -1.94. The zero-order valence-electron chi connectivity index (χ0n) is 27.1. The molecule has 49 heavy (non-hydrogen) atoms. The Labute approximate surface area is 284 Å². The highest BCUT2D eigenvalue weighted by Crippen LogP contribution is 2.39. The first-order chi connectivity index (χ1) is 24.2. The Morgan fingerprint density at radius 1 is 0.306 bits per heavy atom. The first kappa shape index (κ1) is 27.7. The van der Waals surface area contributed by atoms with Crippen LogP contribution in [0.3, 0.4) is 0 Å². The summed E-state index contributed by atoms with van der Waals surface area (Å²) in [5.41, 5.74) is 13.4. The average molecular weight is 625 g/mol. The third-order valence-corrected chi connectivity index (χ3v) is 10.2. The van der Waals surface area contributed by atoms with Gasteiger partial charge in [-0.15, -0.1) is 0 Å². The van der Waals surface area contributed by atoms with Gasteiger partial charge >= 0.3 is 0 Å². The number of hydrogen-bond donors (Lipinski definition) is 0. The summed E-state index contributed by atoms with van der Waals surface area (Å²) in [7, 11) is 0. The number of aromatic nitrogens is 2. The fraction of sp³-hybridized carbons (Fsp3) is 0.0213. The van der Waals surface area contributed by atoms with Crippen LogP contribution >= 0.6 is 0 Å². The predicted molar refractivity (Wildman–Crippen MR) is 208 cm³/mol. The van der Waals surface area contributed by atoms with Crippen molar-refractivity contribution in [2.24, 2.45) is 0 Å². The Kier molecular flexibility index (Phi) is 6.13. The maximum absolute atomic E-state index is 2.38. The maximum atomic E-state index is 2.38. The van der Waals surface area contributed by atoms with Crippen molar-refractivity contribution < 1.29 is 0 Å². The van der Waals surface area contributed by atoms with Gasteiger partial charge in [0, 0.05) is 32.9 Å². The summed E-state index contributed by atoms with van der Waals surface area (Å²) in [6, 6.07) is 64.3. The van der Waals surface area contributed by atoms with Crippen molar-refractivity contribution in [2.45, 2.75) is 6.92 Å². The predicted octanol–water partition coefficient (Wildman–Crippen LogP) is 12.7. The van der Waals surface area contributed by atoms with Crippen molar-refractivity contribution in [3.05, 3.63) is 181 Å². The molecule has 10 aromatic rings. The molecule has 0 unspecified atom stereocenters. The lowest BCUT2D eigenvalue weighted by molar-refractivity contribution is 1.18. The number of rotatable bonds is 4. The molecule has 10 rings (SSSR count). The molecule has 0 saturated carbocycles. The van der Waals surface area contributed by atoms with Crippen LogP contribution in [-0.2, 0) is 0 Å². The molecule has 230 valence electrons. The van der Waals surface area contributed by atoms with Gasteiger partial charge in [-0.05, 0) is 88.5 Å². The molecule has 0 amide bonds. The number of fused-ring (bicyclic) bond motifs is 7. The molecule has 8 aromatic carbocycles. The van der Waals surface area contributed by atoms with Gasteiger partial charge in [0.15, 0.2) is 0 Å². The summed E-state index contributed by atoms with van der Waals surface area (Å²) >= 11 is 0. The molecule has 0 bridgehead atoms. The molecule has 0 N–H and O–H groups in total. The first-order valence-electron chi connectivity index (χ1n) is 16.9. The van der Waals surface area contributed by atoms with Crippen LogP contribution in [0.5, 0.6) is 0 Å². The molecular weight excluding hydrogens is 593 g/mol. The molecule has 0 aliphatic rings. The Morgan fingerprint density at radius 2 is 0.673 bits per heavy atom. The minimum Gasteiger partial charge on any atom is -0.309 e. The average Bonchev–Trinajstić information content (AvgIpc) is 3.68. The zero-order chi connectivity index (χ0) is 32.5. The van der Waals surface area contributed by atoms with Crippen LogP contribution in [0.2, 0.25) is 0 Å². The van der Waals surface area contributed by atoms with Gasteiger partial charge in [-0.1, -0.05) is 133 Å². The second-order valence-corrected chi connectivity index (χ2v) is 13.0. The summed E-state index contributed by atoms with van der Waals surface area (Å²) in [4.78, 5) is 0. The maximum Gasteiger partial charge on any atom is 0.0541 e. The van der Waals surface area contributed by atoms with Crippen molar-refractivity contribution in [1.82, 2.24) is 9.13 Å². The lowest BCUT2D eigenvalue weighted by Gasteiger charge is -2.15. The molecular formula is C47H32N2. The molecule has 0 spiro atoms. The number of aryl methyl sites for hydroxylation is 1. The fourth-order valence-electron chi connectivity index (χ4n) is 7.95. The van der Waals surface area contributed by atoms with Crippen molar-refractivity contribution in [3.8, 4) is 33.6 Å². The molecule has 0 aliphatic heterocycles. The summed E-state index contributed by atoms with van der Waals surface area (Å²) in [6.45, 7) is 2.18. The van der Waals surface area contributed by atoms with Crippen molar-refractivity contribution in [2.75, 3.05) is 0 Å². The van der Waals surface area contributed by atoms with E-state index in [1.165, 1.54) is 93.6 Å². The van der Waals surface area contributed by atoms with Crippen LogP contribution in [0.1, 0.15) is 5.56 Å². The summed E-state index contributed by atoms with van der Waals surface area (Å²) < 4.78 is 4.75. The van der Waals surface area contributed by atoms with Crippen molar-refractivity contribution >= 4 is 54.4 Å². The van der Waals surface area contributed by atoms with Gasteiger partial charge in [-0.25, -0.2) is 0 Å². The molecule has 0 saturated heterocycles. The Morgan fingerprint density at radius 3 is 1.08 bits per heavy atom. The topological polar surface area (TPSA) is 9.86 Å². The third kappa shape index (κ3) is 4.28. The Balaban J connectivity index is 1.06. The van der Waals surface area contributed by atoms with E-state index in [2.05, 4.69) is 192 Å². The van der Waals surface area contributed by atoms with E-state index in [1.54, 1.807) is 0 Å². The largest absolute Gasteiger partial charge is 0.309 e. The SMILES string of the molecule is Cc1ccc2c(-c3ccc(-n4c5ccccc5c5ccccc54)cc3)ccc(-c3ccc(-n4c5ccccc5c5ccccc54)cc3)c2c1. The van der Waals surface area contributed by atoms with E-state index in [-0.39, 0.29) is 0 Å². The first-order valence-corrected chi connectivity index (χ1v) is 16.9. The van der Waals surface area contributed by atoms with E-state index in [0.717, 1.165) is 0 Å². The van der Waals surface area contributed by atoms with E-state index in [9.17, 15) is 0 Å². The number of nitrogens with zero attached hydrogens (tertiary/aromatic N) is 2. The molecule has 0 radical (unpaired) electrons. The summed E-state index contributed by atoms with van der Waals surface area (Å²) in [6.07, 6.45) is 0. The van der Waals surface area contributed by atoms with E-state index in [0.29, 0.717) is 0 Å². The number of hydrogen-bond acceptors (Lipinski definition) is 0. The molecule has 0 fully saturated rings.